The average Bonchev–Trinajstić information content (AvgIpc) is 2.82. The highest BCUT2D eigenvalue weighted by Gasteiger charge is 2.13. The van der Waals surface area contributed by atoms with Crippen molar-refractivity contribution in [1.29, 1.82) is 0 Å². The van der Waals surface area contributed by atoms with Gasteiger partial charge in [0.05, 0.1) is 5.69 Å². The number of nitrogens with two attached hydrogens (primary N) is 2. The third kappa shape index (κ3) is 4.65. The number of hydrogen-bond donors (Lipinski definition) is 3. The number of ether oxygens (including phenoxy) is 1. The molecule has 8 nitrogen and oxygen atoms in total. The molecular weight excluding hydrogens is 402 g/mol. The van der Waals surface area contributed by atoms with Crippen LogP contribution in [-0.2, 0) is 0 Å². The van der Waals surface area contributed by atoms with Crippen molar-refractivity contribution in [1.82, 2.24) is 15.0 Å². The first-order valence-electron chi connectivity index (χ1n) is 9.98. The van der Waals surface area contributed by atoms with Gasteiger partial charge >= 0.3 is 0 Å². The SMILES string of the molecule is Cc1cc(Oc2ccnc(Nc3cccc(/C(N)=N/N)c3)c2)c(-c2ccccn2)nc1C. The Morgan fingerprint density at radius 2 is 1.84 bits per heavy atom. The van der Waals surface area contributed by atoms with E-state index in [0.29, 0.717) is 28.6 Å². The van der Waals surface area contributed by atoms with Crippen LogP contribution >= 0.6 is 0 Å². The highest BCUT2D eigenvalue weighted by atomic mass is 16.5. The molecule has 0 saturated heterocycles. The standard InChI is InChI=1S/C24H23N7O/c1-15-12-21(23(29-16(15)2)20-8-3-4-10-27-20)32-19-9-11-28-22(14-19)30-18-7-5-6-17(13-18)24(25)31-26/h3-14H,26H2,1-2H3,(H2,25,31)(H,28,30). The van der Waals surface area contributed by atoms with Crippen molar-refractivity contribution in [2.24, 2.45) is 16.7 Å². The van der Waals surface area contributed by atoms with Gasteiger partial charge in [-0.1, -0.05) is 18.2 Å². The highest BCUT2D eigenvalue weighted by molar-refractivity contribution is 5.98. The second-order valence-electron chi connectivity index (χ2n) is 7.15. The first-order valence-corrected chi connectivity index (χ1v) is 9.98. The molecule has 8 heteroatoms. The van der Waals surface area contributed by atoms with Crippen LogP contribution in [0.2, 0.25) is 0 Å². The van der Waals surface area contributed by atoms with Crippen LogP contribution in [0.4, 0.5) is 11.5 Å². The summed E-state index contributed by atoms with van der Waals surface area (Å²) >= 11 is 0. The van der Waals surface area contributed by atoms with Crippen molar-refractivity contribution < 1.29 is 4.74 Å². The van der Waals surface area contributed by atoms with Crippen molar-refractivity contribution in [3.63, 3.8) is 0 Å². The fourth-order valence-electron chi connectivity index (χ4n) is 3.09. The maximum absolute atomic E-state index is 6.22. The van der Waals surface area contributed by atoms with E-state index in [1.165, 1.54) is 0 Å². The van der Waals surface area contributed by atoms with E-state index >= 15 is 0 Å². The van der Waals surface area contributed by atoms with Crippen LogP contribution in [0.3, 0.4) is 0 Å². The van der Waals surface area contributed by atoms with Crippen molar-refractivity contribution >= 4 is 17.3 Å². The molecule has 0 radical (unpaired) electrons. The number of hydrazone groups is 1. The Balaban J connectivity index is 1.62. The quantitative estimate of drug-likeness (QED) is 0.182. The molecule has 0 fully saturated rings. The molecule has 3 heterocycles. The largest absolute Gasteiger partial charge is 0.455 e. The minimum absolute atomic E-state index is 0.253. The zero-order valence-electron chi connectivity index (χ0n) is 17.8. The van der Waals surface area contributed by atoms with E-state index in [4.69, 9.17) is 21.3 Å². The van der Waals surface area contributed by atoms with E-state index in [-0.39, 0.29) is 5.84 Å². The number of benzene rings is 1. The average molecular weight is 425 g/mol. The van der Waals surface area contributed by atoms with Gasteiger partial charge in [-0.25, -0.2) is 9.97 Å². The summed E-state index contributed by atoms with van der Waals surface area (Å²) < 4.78 is 6.22. The van der Waals surface area contributed by atoms with E-state index in [9.17, 15) is 0 Å². The van der Waals surface area contributed by atoms with E-state index in [1.54, 1.807) is 18.5 Å². The molecule has 160 valence electrons. The van der Waals surface area contributed by atoms with Gasteiger partial charge in [-0.2, -0.15) is 5.10 Å². The molecule has 0 aliphatic rings. The normalized spacial score (nSPS) is 11.2. The molecular formula is C24H23N7O. The summed E-state index contributed by atoms with van der Waals surface area (Å²) in [6.45, 7) is 3.97. The first kappa shape index (κ1) is 20.8. The van der Waals surface area contributed by atoms with Crippen LogP contribution in [0.5, 0.6) is 11.5 Å². The number of amidine groups is 1. The first-order chi connectivity index (χ1) is 15.5. The van der Waals surface area contributed by atoms with Gasteiger partial charge in [0, 0.05) is 35.4 Å². The van der Waals surface area contributed by atoms with Crippen molar-refractivity contribution in [2.45, 2.75) is 13.8 Å². The Morgan fingerprint density at radius 3 is 2.62 bits per heavy atom. The number of anilines is 2. The van der Waals surface area contributed by atoms with Crippen molar-refractivity contribution in [3.8, 4) is 22.9 Å². The molecule has 0 aliphatic carbocycles. The minimum Gasteiger partial charge on any atom is -0.455 e. The molecule has 1 aromatic carbocycles. The fourth-order valence-corrected chi connectivity index (χ4v) is 3.09. The maximum atomic E-state index is 6.22. The lowest BCUT2D eigenvalue weighted by Crippen LogP contribution is -2.15. The highest BCUT2D eigenvalue weighted by Crippen LogP contribution is 2.33. The molecule has 0 amide bonds. The molecule has 5 N–H and O–H groups in total. The Kier molecular flexibility index (Phi) is 5.94. The molecule has 3 aromatic heterocycles. The number of pyridine rings is 3. The number of nitrogens with zero attached hydrogens (tertiary/aromatic N) is 4. The van der Waals surface area contributed by atoms with Gasteiger partial charge in [0.2, 0.25) is 0 Å². The van der Waals surface area contributed by atoms with Crippen LogP contribution in [-0.4, -0.2) is 20.8 Å². The number of aryl methyl sites for hydroxylation is 2. The lowest BCUT2D eigenvalue weighted by molar-refractivity contribution is 0.481. The van der Waals surface area contributed by atoms with Crippen LogP contribution < -0.4 is 21.6 Å². The summed E-state index contributed by atoms with van der Waals surface area (Å²) in [5.74, 6) is 7.38. The fraction of sp³-hybridized carbons (Fsp3) is 0.0833. The number of aromatic nitrogens is 3. The van der Waals surface area contributed by atoms with E-state index in [0.717, 1.165) is 22.6 Å². The Bertz CT molecular complexity index is 1270. The predicted molar refractivity (Wildman–Crippen MR) is 126 cm³/mol. The van der Waals surface area contributed by atoms with Crippen molar-refractivity contribution in [2.75, 3.05) is 5.32 Å². The van der Waals surface area contributed by atoms with E-state index in [1.807, 2.05) is 68.4 Å². The summed E-state index contributed by atoms with van der Waals surface area (Å²) in [4.78, 5) is 13.5. The van der Waals surface area contributed by atoms with Gasteiger partial charge in [0.1, 0.15) is 23.1 Å². The second kappa shape index (κ2) is 9.13. The van der Waals surface area contributed by atoms with Gasteiger partial charge in [0.25, 0.3) is 0 Å². The summed E-state index contributed by atoms with van der Waals surface area (Å²) in [5, 5.41) is 6.78. The van der Waals surface area contributed by atoms with Crippen LogP contribution in [0, 0.1) is 13.8 Å². The molecule has 0 aliphatic heterocycles. The number of rotatable bonds is 6. The summed E-state index contributed by atoms with van der Waals surface area (Å²) in [5.41, 5.74) is 10.7. The zero-order valence-corrected chi connectivity index (χ0v) is 17.8. The minimum atomic E-state index is 0.253. The smallest absolute Gasteiger partial charge is 0.155 e. The van der Waals surface area contributed by atoms with E-state index in [2.05, 4.69) is 20.4 Å². The van der Waals surface area contributed by atoms with Gasteiger partial charge in [-0.05, 0) is 55.8 Å². The second-order valence-corrected chi connectivity index (χ2v) is 7.15. The third-order valence-electron chi connectivity index (χ3n) is 4.87. The predicted octanol–water partition coefficient (Wildman–Crippen LogP) is 4.27. The molecule has 0 spiro atoms. The Morgan fingerprint density at radius 1 is 0.969 bits per heavy atom. The molecule has 4 rings (SSSR count). The molecule has 0 saturated carbocycles. The number of nitrogens with one attached hydrogen (secondary N) is 1. The number of hydrogen-bond acceptors (Lipinski definition) is 7. The lowest BCUT2D eigenvalue weighted by atomic mass is 10.1. The Hall–Kier alpha value is -4.46. The maximum Gasteiger partial charge on any atom is 0.155 e. The van der Waals surface area contributed by atoms with Gasteiger partial charge in [0.15, 0.2) is 5.75 Å². The Labute approximate surface area is 186 Å². The molecule has 0 bridgehead atoms. The van der Waals surface area contributed by atoms with Crippen LogP contribution in [0.15, 0.2) is 78.2 Å². The molecule has 32 heavy (non-hydrogen) atoms. The summed E-state index contributed by atoms with van der Waals surface area (Å²) in [6.07, 6.45) is 3.41. The summed E-state index contributed by atoms with van der Waals surface area (Å²) in [6, 6.07) is 18.7. The van der Waals surface area contributed by atoms with Gasteiger partial charge in [-0.15, -0.1) is 0 Å². The third-order valence-corrected chi connectivity index (χ3v) is 4.87. The monoisotopic (exact) mass is 425 g/mol. The van der Waals surface area contributed by atoms with Crippen molar-refractivity contribution in [3.05, 3.63) is 89.9 Å². The van der Waals surface area contributed by atoms with Crippen LogP contribution in [0.1, 0.15) is 16.8 Å². The van der Waals surface area contributed by atoms with Crippen LogP contribution in [0.25, 0.3) is 11.4 Å². The molecule has 0 unspecified atom stereocenters. The van der Waals surface area contributed by atoms with Gasteiger partial charge in [-0.3, -0.25) is 4.98 Å². The molecule has 0 atom stereocenters. The zero-order chi connectivity index (χ0) is 22.5. The topological polar surface area (TPSA) is 124 Å². The summed E-state index contributed by atoms with van der Waals surface area (Å²) in [7, 11) is 0. The lowest BCUT2D eigenvalue weighted by Gasteiger charge is -2.14. The van der Waals surface area contributed by atoms with Gasteiger partial charge < -0.3 is 21.6 Å². The van der Waals surface area contributed by atoms with E-state index < -0.39 is 0 Å². The molecule has 4 aromatic rings.